The second kappa shape index (κ2) is 7.80. The number of rotatable bonds is 5. The average molecular weight is 343 g/mol. The molecule has 1 aromatic carbocycles. The second-order valence-electron chi connectivity index (χ2n) is 5.73. The van der Waals surface area contributed by atoms with Gasteiger partial charge in [0.2, 0.25) is 0 Å². The van der Waals surface area contributed by atoms with E-state index in [1.54, 1.807) is 18.0 Å². The van der Waals surface area contributed by atoms with E-state index in [1.165, 1.54) is 6.20 Å². The van der Waals surface area contributed by atoms with Crippen molar-refractivity contribution >= 4 is 23.3 Å². The number of carbonyl (C=O) groups excluding carboxylic acids is 1. The van der Waals surface area contributed by atoms with E-state index in [-0.39, 0.29) is 11.9 Å². The molecule has 0 spiro atoms. The molecule has 0 aliphatic heterocycles. The van der Waals surface area contributed by atoms with Crippen molar-refractivity contribution < 1.29 is 4.79 Å². The van der Waals surface area contributed by atoms with Crippen LogP contribution in [0.15, 0.2) is 36.5 Å². The van der Waals surface area contributed by atoms with Gasteiger partial charge >= 0.3 is 0 Å². The Balaban J connectivity index is 2.02. The highest BCUT2D eigenvalue weighted by atomic mass is 35.5. The SMILES string of the molecule is CC(C)N(C)C(=O)c1ccc(CNc2ncc(C#N)cc2Cl)cc1. The Morgan fingerprint density at radius 3 is 2.58 bits per heavy atom. The molecule has 2 rings (SSSR count). The van der Waals surface area contributed by atoms with Crippen LogP contribution in [-0.2, 0) is 6.54 Å². The molecule has 0 saturated heterocycles. The minimum absolute atomic E-state index is 0.00122. The molecule has 0 unspecified atom stereocenters. The molecular weight excluding hydrogens is 324 g/mol. The third-order valence-electron chi connectivity index (χ3n) is 3.73. The number of hydrogen-bond donors (Lipinski definition) is 1. The number of aromatic nitrogens is 1. The Bertz CT molecular complexity index is 766. The number of benzene rings is 1. The highest BCUT2D eigenvalue weighted by Crippen LogP contribution is 2.20. The van der Waals surface area contributed by atoms with E-state index in [9.17, 15) is 4.79 Å². The molecule has 1 amide bonds. The number of nitrogens with zero attached hydrogens (tertiary/aromatic N) is 3. The van der Waals surface area contributed by atoms with E-state index in [0.29, 0.717) is 28.5 Å². The molecule has 1 heterocycles. The van der Waals surface area contributed by atoms with Gasteiger partial charge in [-0.1, -0.05) is 23.7 Å². The number of hydrogen-bond acceptors (Lipinski definition) is 4. The van der Waals surface area contributed by atoms with Crippen molar-refractivity contribution in [2.45, 2.75) is 26.4 Å². The number of pyridine rings is 1. The normalized spacial score (nSPS) is 10.3. The van der Waals surface area contributed by atoms with Crippen molar-refractivity contribution in [1.29, 1.82) is 5.26 Å². The number of carbonyl (C=O) groups is 1. The molecule has 124 valence electrons. The van der Waals surface area contributed by atoms with E-state index in [4.69, 9.17) is 16.9 Å². The Labute approximate surface area is 146 Å². The molecular formula is C18H19ClN4O. The molecule has 6 heteroatoms. The standard InChI is InChI=1S/C18H19ClN4O/c1-12(2)23(3)18(24)15-6-4-13(5-7-15)10-21-17-16(19)8-14(9-20)11-22-17/h4-8,11-12H,10H2,1-3H3,(H,21,22). The summed E-state index contributed by atoms with van der Waals surface area (Å²) in [6.07, 6.45) is 1.47. The molecule has 0 radical (unpaired) electrons. The van der Waals surface area contributed by atoms with Crippen LogP contribution in [0.4, 0.5) is 5.82 Å². The molecule has 0 fully saturated rings. The summed E-state index contributed by atoms with van der Waals surface area (Å²) in [5.74, 6) is 0.525. The van der Waals surface area contributed by atoms with E-state index >= 15 is 0 Å². The van der Waals surface area contributed by atoms with E-state index in [2.05, 4.69) is 10.3 Å². The number of anilines is 1. The Kier molecular flexibility index (Phi) is 5.78. The zero-order chi connectivity index (χ0) is 17.7. The van der Waals surface area contributed by atoms with E-state index in [0.717, 1.165) is 5.56 Å². The van der Waals surface area contributed by atoms with Gasteiger partial charge < -0.3 is 10.2 Å². The van der Waals surface area contributed by atoms with Crippen LogP contribution in [0.3, 0.4) is 0 Å². The van der Waals surface area contributed by atoms with Crippen LogP contribution in [-0.4, -0.2) is 28.9 Å². The van der Waals surface area contributed by atoms with Crippen LogP contribution < -0.4 is 5.32 Å². The molecule has 2 aromatic rings. The molecule has 1 aromatic heterocycles. The lowest BCUT2D eigenvalue weighted by Crippen LogP contribution is -2.32. The Morgan fingerprint density at radius 1 is 1.38 bits per heavy atom. The predicted octanol–water partition coefficient (Wildman–Crippen LogP) is 3.70. The first-order valence-electron chi connectivity index (χ1n) is 7.58. The summed E-state index contributed by atoms with van der Waals surface area (Å²) in [6, 6.07) is 11.1. The van der Waals surface area contributed by atoms with Gasteiger partial charge in [0.05, 0.1) is 10.6 Å². The highest BCUT2D eigenvalue weighted by molar-refractivity contribution is 6.33. The van der Waals surface area contributed by atoms with Gasteiger partial charge in [-0.15, -0.1) is 0 Å². The fraction of sp³-hybridized carbons (Fsp3) is 0.278. The number of amides is 1. The zero-order valence-corrected chi connectivity index (χ0v) is 14.6. The minimum Gasteiger partial charge on any atom is -0.365 e. The van der Waals surface area contributed by atoms with Gasteiger partial charge in [0.1, 0.15) is 11.9 Å². The van der Waals surface area contributed by atoms with Gasteiger partial charge in [-0.3, -0.25) is 4.79 Å². The lowest BCUT2D eigenvalue weighted by atomic mass is 10.1. The van der Waals surface area contributed by atoms with Gasteiger partial charge in [0.15, 0.2) is 0 Å². The maximum Gasteiger partial charge on any atom is 0.253 e. The van der Waals surface area contributed by atoms with Gasteiger partial charge in [-0.25, -0.2) is 4.98 Å². The molecule has 0 aliphatic carbocycles. The topological polar surface area (TPSA) is 69.0 Å². The van der Waals surface area contributed by atoms with Crippen molar-refractivity contribution in [3.8, 4) is 6.07 Å². The first kappa shape index (κ1) is 17.8. The summed E-state index contributed by atoms with van der Waals surface area (Å²) < 4.78 is 0. The predicted molar refractivity (Wildman–Crippen MR) is 95.0 cm³/mol. The summed E-state index contributed by atoms with van der Waals surface area (Å²) in [6.45, 7) is 4.47. The summed E-state index contributed by atoms with van der Waals surface area (Å²) in [7, 11) is 1.79. The fourth-order valence-electron chi connectivity index (χ4n) is 2.02. The molecule has 1 N–H and O–H groups in total. The third-order valence-corrected chi connectivity index (χ3v) is 4.01. The molecule has 5 nitrogen and oxygen atoms in total. The highest BCUT2D eigenvalue weighted by Gasteiger charge is 2.14. The zero-order valence-electron chi connectivity index (χ0n) is 13.9. The third kappa shape index (κ3) is 4.24. The number of nitriles is 1. The summed E-state index contributed by atoms with van der Waals surface area (Å²) >= 11 is 6.08. The maximum atomic E-state index is 12.2. The van der Waals surface area contributed by atoms with Crippen molar-refractivity contribution in [3.05, 3.63) is 58.2 Å². The van der Waals surface area contributed by atoms with Crippen LogP contribution >= 0.6 is 11.6 Å². The van der Waals surface area contributed by atoms with Crippen LogP contribution in [0.25, 0.3) is 0 Å². The van der Waals surface area contributed by atoms with Crippen molar-refractivity contribution in [1.82, 2.24) is 9.88 Å². The second-order valence-corrected chi connectivity index (χ2v) is 6.13. The van der Waals surface area contributed by atoms with Crippen molar-refractivity contribution in [3.63, 3.8) is 0 Å². The van der Waals surface area contributed by atoms with Gasteiger partial charge in [0, 0.05) is 31.4 Å². The summed E-state index contributed by atoms with van der Waals surface area (Å²) in [5, 5.41) is 12.3. The number of halogens is 1. The molecule has 0 atom stereocenters. The fourth-order valence-corrected chi connectivity index (χ4v) is 2.25. The molecule has 24 heavy (non-hydrogen) atoms. The smallest absolute Gasteiger partial charge is 0.253 e. The van der Waals surface area contributed by atoms with E-state index in [1.807, 2.05) is 44.2 Å². The van der Waals surface area contributed by atoms with E-state index < -0.39 is 0 Å². The van der Waals surface area contributed by atoms with Crippen LogP contribution in [0, 0.1) is 11.3 Å². The van der Waals surface area contributed by atoms with Gasteiger partial charge in [-0.2, -0.15) is 5.26 Å². The lowest BCUT2D eigenvalue weighted by Gasteiger charge is -2.21. The first-order chi connectivity index (χ1) is 11.4. The van der Waals surface area contributed by atoms with Crippen LogP contribution in [0.1, 0.15) is 35.3 Å². The monoisotopic (exact) mass is 342 g/mol. The van der Waals surface area contributed by atoms with Crippen LogP contribution in [0.5, 0.6) is 0 Å². The lowest BCUT2D eigenvalue weighted by molar-refractivity contribution is 0.0755. The van der Waals surface area contributed by atoms with Crippen molar-refractivity contribution in [2.75, 3.05) is 12.4 Å². The van der Waals surface area contributed by atoms with Crippen LogP contribution in [0.2, 0.25) is 5.02 Å². The summed E-state index contributed by atoms with van der Waals surface area (Å²) in [4.78, 5) is 18.1. The number of nitrogens with one attached hydrogen (secondary N) is 1. The Morgan fingerprint density at radius 2 is 2.04 bits per heavy atom. The minimum atomic E-state index is 0.00122. The van der Waals surface area contributed by atoms with Crippen molar-refractivity contribution in [2.24, 2.45) is 0 Å². The van der Waals surface area contributed by atoms with Gasteiger partial charge in [0.25, 0.3) is 5.91 Å². The quantitative estimate of drug-likeness (QED) is 0.899. The average Bonchev–Trinajstić information content (AvgIpc) is 2.59. The first-order valence-corrected chi connectivity index (χ1v) is 7.95. The molecule has 0 aliphatic rings. The molecule has 0 bridgehead atoms. The largest absolute Gasteiger partial charge is 0.365 e. The Hall–Kier alpha value is -2.58. The summed E-state index contributed by atoms with van der Waals surface area (Å²) in [5.41, 5.74) is 2.08. The maximum absolute atomic E-state index is 12.2. The van der Waals surface area contributed by atoms with Gasteiger partial charge in [-0.05, 0) is 37.6 Å². The molecule has 0 saturated carbocycles.